The van der Waals surface area contributed by atoms with Gasteiger partial charge in [0, 0.05) is 30.3 Å². The van der Waals surface area contributed by atoms with E-state index in [4.69, 9.17) is 4.74 Å². The summed E-state index contributed by atoms with van der Waals surface area (Å²) in [5.41, 5.74) is -1.50. The lowest BCUT2D eigenvalue weighted by Crippen LogP contribution is -2.29. The number of aromatic nitrogens is 3. The Labute approximate surface area is 214 Å². The molecule has 38 heavy (non-hydrogen) atoms. The molecule has 4 rings (SSSR count). The van der Waals surface area contributed by atoms with Crippen LogP contribution in [0.25, 0.3) is 0 Å². The third-order valence-corrected chi connectivity index (χ3v) is 5.48. The van der Waals surface area contributed by atoms with Gasteiger partial charge in [0.2, 0.25) is 5.91 Å². The molecule has 0 aliphatic rings. The molecule has 2 heterocycles. The summed E-state index contributed by atoms with van der Waals surface area (Å²) in [5, 5.41) is 27.2. The van der Waals surface area contributed by atoms with Crippen LogP contribution in [0.1, 0.15) is 25.5 Å². The monoisotopic (exact) mass is 532 g/mol. The molecule has 200 valence electrons. The zero-order valence-electron chi connectivity index (χ0n) is 20.3. The van der Waals surface area contributed by atoms with Crippen molar-refractivity contribution < 1.29 is 37.3 Å². The van der Waals surface area contributed by atoms with Gasteiger partial charge in [0.25, 0.3) is 0 Å². The number of para-hydroxylation sites is 1. The molecule has 1 atom stereocenters. The molecule has 0 aliphatic heterocycles. The molecule has 8 nitrogen and oxygen atoms in total. The van der Waals surface area contributed by atoms with Gasteiger partial charge in [-0.15, -0.1) is 0 Å². The number of aromatic hydroxyl groups is 1. The molecule has 0 spiro atoms. The maximum atomic E-state index is 14.5. The standard InChI is InChI=1S/C26H24F4N4O4/c1-26(2,37)14-33-10-9-22(32-33)31-25(36)21(12-16-17(27)5-3-6-18(16)28)34-13-15(11-23(34)35)38-24-19(29)7-4-8-20(24)30/h3-11,13,21,35,37H,12,14H2,1-2H3,(H,31,32,36). The van der Waals surface area contributed by atoms with Crippen LogP contribution in [0.3, 0.4) is 0 Å². The maximum absolute atomic E-state index is 14.5. The van der Waals surface area contributed by atoms with Crippen LogP contribution in [0, 0.1) is 23.3 Å². The highest BCUT2D eigenvalue weighted by Crippen LogP contribution is 2.34. The number of benzene rings is 2. The lowest BCUT2D eigenvalue weighted by molar-refractivity contribution is -0.119. The summed E-state index contributed by atoms with van der Waals surface area (Å²) in [6.45, 7) is 3.28. The van der Waals surface area contributed by atoms with E-state index in [-0.39, 0.29) is 18.1 Å². The lowest BCUT2D eigenvalue weighted by atomic mass is 10.0. The number of ether oxygens (including phenoxy) is 1. The first-order valence-corrected chi connectivity index (χ1v) is 11.4. The third-order valence-electron chi connectivity index (χ3n) is 5.48. The molecule has 1 amide bonds. The summed E-state index contributed by atoms with van der Waals surface area (Å²) in [5.74, 6) is -6.08. The zero-order chi connectivity index (χ0) is 27.6. The van der Waals surface area contributed by atoms with Gasteiger partial charge in [-0.3, -0.25) is 9.48 Å². The Morgan fingerprint density at radius 3 is 2.26 bits per heavy atom. The number of carbonyl (C=O) groups excluding carboxylic acids is 1. The minimum absolute atomic E-state index is 0.0785. The molecule has 0 saturated heterocycles. The van der Waals surface area contributed by atoms with Gasteiger partial charge in [0.05, 0.1) is 18.3 Å². The van der Waals surface area contributed by atoms with Crippen molar-refractivity contribution in [3.05, 3.63) is 89.8 Å². The van der Waals surface area contributed by atoms with E-state index in [0.29, 0.717) is 0 Å². The van der Waals surface area contributed by atoms with Crippen molar-refractivity contribution in [2.75, 3.05) is 5.32 Å². The highest BCUT2D eigenvalue weighted by atomic mass is 19.1. The minimum Gasteiger partial charge on any atom is -0.494 e. The van der Waals surface area contributed by atoms with Crippen molar-refractivity contribution in [1.82, 2.24) is 14.3 Å². The van der Waals surface area contributed by atoms with E-state index in [1.165, 1.54) is 23.0 Å². The van der Waals surface area contributed by atoms with Gasteiger partial charge in [0.15, 0.2) is 29.1 Å². The molecular weight excluding hydrogens is 508 g/mol. The van der Waals surface area contributed by atoms with E-state index >= 15 is 0 Å². The van der Waals surface area contributed by atoms with Crippen LogP contribution >= 0.6 is 0 Å². The minimum atomic E-state index is -1.44. The van der Waals surface area contributed by atoms with Crippen molar-refractivity contribution in [2.24, 2.45) is 0 Å². The SMILES string of the molecule is CC(C)(O)Cn1ccc(NC(=O)C(Cc2c(F)cccc2F)n2cc(Oc3c(F)cccc3F)cc2O)n1. The molecule has 2 aromatic heterocycles. The Kier molecular flexibility index (Phi) is 7.44. The highest BCUT2D eigenvalue weighted by Gasteiger charge is 2.28. The number of halogens is 4. The van der Waals surface area contributed by atoms with Crippen molar-refractivity contribution in [3.8, 4) is 17.4 Å². The van der Waals surface area contributed by atoms with Gasteiger partial charge in [-0.1, -0.05) is 12.1 Å². The summed E-state index contributed by atoms with van der Waals surface area (Å²) >= 11 is 0. The number of carbonyl (C=O) groups is 1. The largest absolute Gasteiger partial charge is 0.494 e. The van der Waals surface area contributed by atoms with Crippen molar-refractivity contribution >= 4 is 11.7 Å². The van der Waals surface area contributed by atoms with Crippen LogP contribution in [-0.4, -0.2) is 36.1 Å². The number of nitrogens with one attached hydrogen (secondary N) is 1. The van der Waals surface area contributed by atoms with E-state index in [1.54, 1.807) is 13.8 Å². The van der Waals surface area contributed by atoms with Crippen molar-refractivity contribution in [2.45, 2.75) is 38.5 Å². The van der Waals surface area contributed by atoms with Crippen LogP contribution in [0.5, 0.6) is 17.4 Å². The second-order valence-electron chi connectivity index (χ2n) is 9.21. The normalized spacial score (nSPS) is 12.4. The first-order valence-electron chi connectivity index (χ1n) is 11.4. The van der Waals surface area contributed by atoms with Gasteiger partial charge in [0.1, 0.15) is 23.4 Å². The average Bonchev–Trinajstić information content (AvgIpc) is 3.40. The fourth-order valence-corrected chi connectivity index (χ4v) is 3.81. The maximum Gasteiger partial charge on any atom is 0.249 e. The molecule has 1 unspecified atom stereocenters. The number of nitrogens with zero attached hydrogens (tertiary/aromatic N) is 3. The quantitative estimate of drug-likeness (QED) is 0.265. The highest BCUT2D eigenvalue weighted by molar-refractivity contribution is 5.93. The number of anilines is 1. The summed E-state index contributed by atoms with van der Waals surface area (Å²) in [7, 11) is 0. The molecule has 0 radical (unpaired) electrons. The van der Waals surface area contributed by atoms with E-state index in [1.807, 2.05) is 0 Å². The van der Waals surface area contributed by atoms with Crippen LogP contribution in [-0.2, 0) is 17.8 Å². The van der Waals surface area contributed by atoms with Gasteiger partial charge >= 0.3 is 0 Å². The molecule has 0 aliphatic carbocycles. The van der Waals surface area contributed by atoms with Crippen molar-refractivity contribution in [1.29, 1.82) is 0 Å². The Morgan fingerprint density at radius 2 is 1.66 bits per heavy atom. The number of hydrogen-bond donors (Lipinski definition) is 3. The molecule has 4 aromatic rings. The summed E-state index contributed by atoms with van der Waals surface area (Å²) < 4.78 is 64.6. The van der Waals surface area contributed by atoms with Crippen molar-refractivity contribution in [3.63, 3.8) is 0 Å². The second kappa shape index (κ2) is 10.6. The first-order chi connectivity index (χ1) is 17.9. The summed E-state index contributed by atoms with van der Waals surface area (Å²) in [4.78, 5) is 13.3. The predicted molar refractivity (Wildman–Crippen MR) is 129 cm³/mol. The van der Waals surface area contributed by atoms with E-state index < -0.39 is 64.4 Å². The van der Waals surface area contributed by atoms with Crippen LogP contribution in [0.15, 0.2) is 60.9 Å². The van der Waals surface area contributed by atoms with Gasteiger partial charge in [-0.2, -0.15) is 5.10 Å². The molecule has 0 bridgehead atoms. The Hall–Kier alpha value is -4.32. The number of rotatable bonds is 9. The smallest absolute Gasteiger partial charge is 0.249 e. The number of hydrogen-bond acceptors (Lipinski definition) is 5. The number of amides is 1. The molecule has 12 heteroatoms. The first kappa shape index (κ1) is 26.7. The Bertz CT molecular complexity index is 1420. The van der Waals surface area contributed by atoms with Crippen LogP contribution in [0.2, 0.25) is 0 Å². The fraction of sp³-hybridized carbons (Fsp3) is 0.231. The van der Waals surface area contributed by atoms with E-state index in [0.717, 1.165) is 47.2 Å². The molecule has 2 aromatic carbocycles. The van der Waals surface area contributed by atoms with Crippen LogP contribution < -0.4 is 10.1 Å². The summed E-state index contributed by atoms with van der Waals surface area (Å²) in [6, 6.07) is 7.33. The summed E-state index contributed by atoms with van der Waals surface area (Å²) in [6.07, 6.45) is 2.06. The predicted octanol–water partition coefficient (Wildman–Crippen LogP) is 4.93. The third kappa shape index (κ3) is 6.14. The molecule has 0 saturated carbocycles. The molecule has 3 N–H and O–H groups in total. The average molecular weight is 532 g/mol. The topological polar surface area (TPSA) is 102 Å². The van der Waals surface area contributed by atoms with Gasteiger partial charge in [-0.05, 0) is 38.1 Å². The lowest BCUT2D eigenvalue weighted by Gasteiger charge is -2.20. The molecule has 0 fully saturated rings. The number of aliphatic hydroxyl groups is 1. The Balaban J connectivity index is 1.66. The zero-order valence-corrected chi connectivity index (χ0v) is 20.3. The second-order valence-corrected chi connectivity index (χ2v) is 9.21. The van der Waals surface area contributed by atoms with Crippen LogP contribution in [0.4, 0.5) is 23.4 Å². The fourth-order valence-electron chi connectivity index (χ4n) is 3.81. The van der Waals surface area contributed by atoms with Gasteiger partial charge in [-0.25, -0.2) is 17.6 Å². The van der Waals surface area contributed by atoms with E-state index in [9.17, 15) is 32.6 Å². The molecular formula is C26H24F4N4O4. The van der Waals surface area contributed by atoms with E-state index in [2.05, 4.69) is 10.4 Å². The Morgan fingerprint density at radius 1 is 1.05 bits per heavy atom. The van der Waals surface area contributed by atoms with Gasteiger partial charge < -0.3 is 24.8 Å².